The molecule has 0 saturated carbocycles. The van der Waals surface area contributed by atoms with E-state index in [9.17, 15) is 0 Å². The SMILES string of the molecule is CC(NCc1cccn1C)c1ccc(Cl)cc1. The van der Waals surface area contributed by atoms with Crippen LogP contribution in [0.1, 0.15) is 24.2 Å². The smallest absolute Gasteiger partial charge is 0.0406 e. The van der Waals surface area contributed by atoms with Crippen LogP contribution in [-0.4, -0.2) is 4.57 Å². The lowest BCUT2D eigenvalue weighted by Crippen LogP contribution is -2.19. The normalized spacial score (nSPS) is 12.6. The zero-order valence-corrected chi connectivity index (χ0v) is 10.9. The van der Waals surface area contributed by atoms with Crippen molar-refractivity contribution in [1.29, 1.82) is 0 Å². The molecular weight excluding hydrogens is 232 g/mol. The number of aromatic nitrogens is 1. The number of hydrogen-bond donors (Lipinski definition) is 1. The minimum atomic E-state index is 0.321. The van der Waals surface area contributed by atoms with Crippen LogP contribution in [0.2, 0.25) is 5.02 Å². The number of benzene rings is 1. The van der Waals surface area contributed by atoms with E-state index in [1.807, 2.05) is 12.1 Å². The molecule has 0 saturated heterocycles. The van der Waals surface area contributed by atoms with Gasteiger partial charge in [-0.25, -0.2) is 0 Å². The monoisotopic (exact) mass is 248 g/mol. The van der Waals surface area contributed by atoms with Gasteiger partial charge in [0.15, 0.2) is 0 Å². The maximum Gasteiger partial charge on any atom is 0.0406 e. The lowest BCUT2D eigenvalue weighted by atomic mass is 10.1. The molecule has 2 aromatic rings. The van der Waals surface area contributed by atoms with Gasteiger partial charge in [0, 0.05) is 36.5 Å². The fraction of sp³-hybridized carbons (Fsp3) is 0.286. The first-order chi connectivity index (χ1) is 8.16. The fourth-order valence-electron chi connectivity index (χ4n) is 1.81. The van der Waals surface area contributed by atoms with Gasteiger partial charge in [-0.15, -0.1) is 0 Å². The lowest BCUT2D eigenvalue weighted by molar-refractivity contribution is 0.558. The van der Waals surface area contributed by atoms with Crippen LogP contribution in [0.15, 0.2) is 42.6 Å². The zero-order valence-electron chi connectivity index (χ0n) is 10.2. The molecule has 17 heavy (non-hydrogen) atoms. The van der Waals surface area contributed by atoms with Gasteiger partial charge in [-0.3, -0.25) is 0 Å². The van der Waals surface area contributed by atoms with Gasteiger partial charge >= 0.3 is 0 Å². The maximum absolute atomic E-state index is 5.87. The third-order valence-corrected chi connectivity index (χ3v) is 3.26. The summed E-state index contributed by atoms with van der Waals surface area (Å²) >= 11 is 5.87. The predicted molar refractivity (Wildman–Crippen MR) is 72.1 cm³/mol. The summed E-state index contributed by atoms with van der Waals surface area (Å²) in [6.45, 7) is 3.03. The Morgan fingerprint density at radius 3 is 2.53 bits per heavy atom. The highest BCUT2D eigenvalue weighted by Crippen LogP contribution is 2.16. The molecule has 1 aromatic heterocycles. The van der Waals surface area contributed by atoms with E-state index >= 15 is 0 Å². The summed E-state index contributed by atoms with van der Waals surface area (Å²) in [6.07, 6.45) is 2.06. The Morgan fingerprint density at radius 1 is 1.24 bits per heavy atom. The van der Waals surface area contributed by atoms with Gasteiger partial charge in [0.05, 0.1) is 0 Å². The standard InChI is InChI=1S/C14H17ClN2/c1-11(12-5-7-13(15)8-6-12)16-10-14-4-3-9-17(14)2/h3-9,11,16H,10H2,1-2H3. The van der Waals surface area contributed by atoms with Crippen LogP contribution in [0.25, 0.3) is 0 Å². The van der Waals surface area contributed by atoms with Crippen LogP contribution in [0.4, 0.5) is 0 Å². The lowest BCUT2D eigenvalue weighted by Gasteiger charge is -2.14. The highest BCUT2D eigenvalue weighted by atomic mass is 35.5. The van der Waals surface area contributed by atoms with Crippen molar-refractivity contribution in [2.45, 2.75) is 19.5 Å². The summed E-state index contributed by atoms with van der Waals surface area (Å²) in [4.78, 5) is 0. The summed E-state index contributed by atoms with van der Waals surface area (Å²) in [5, 5.41) is 4.28. The molecule has 1 heterocycles. The van der Waals surface area contributed by atoms with Gasteiger partial charge < -0.3 is 9.88 Å². The van der Waals surface area contributed by atoms with Gasteiger partial charge in [-0.2, -0.15) is 0 Å². The summed E-state index contributed by atoms with van der Waals surface area (Å²) in [7, 11) is 2.06. The first-order valence-electron chi connectivity index (χ1n) is 5.76. The van der Waals surface area contributed by atoms with Crippen molar-refractivity contribution < 1.29 is 0 Å². The Kier molecular flexibility index (Phi) is 3.87. The summed E-state index contributed by atoms with van der Waals surface area (Å²) in [5.74, 6) is 0. The number of aryl methyl sites for hydroxylation is 1. The van der Waals surface area contributed by atoms with Crippen LogP contribution in [0, 0.1) is 0 Å². The minimum Gasteiger partial charge on any atom is -0.353 e. The average Bonchev–Trinajstić information content (AvgIpc) is 2.73. The molecule has 0 bridgehead atoms. The third kappa shape index (κ3) is 3.11. The first-order valence-corrected chi connectivity index (χ1v) is 6.13. The summed E-state index contributed by atoms with van der Waals surface area (Å²) in [6, 6.07) is 12.5. The van der Waals surface area contributed by atoms with E-state index in [1.165, 1.54) is 11.3 Å². The van der Waals surface area contributed by atoms with Crippen LogP contribution >= 0.6 is 11.6 Å². The van der Waals surface area contributed by atoms with Crippen LogP contribution in [0.3, 0.4) is 0 Å². The first kappa shape index (κ1) is 12.2. The Labute approximate surface area is 107 Å². The van der Waals surface area contributed by atoms with Crippen molar-refractivity contribution >= 4 is 11.6 Å². The van der Waals surface area contributed by atoms with E-state index < -0.39 is 0 Å². The fourth-order valence-corrected chi connectivity index (χ4v) is 1.93. The second kappa shape index (κ2) is 5.39. The number of halogens is 1. The predicted octanol–water partition coefficient (Wildman–Crippen LogP) is 3.53. The van der Waals surface area contributed by atoms with E-state index in [2.05, 4.69) is 54.3 Å². The topological polar surface area (TPSA) is 17.0 Å². The number of nitrogens with zero attached hydrogens (tertiary/aromatic N) is 1. The van der Waals surface area contributed by atoms with Gasteiger partial charge in [0.25, 0.3) is 0 Å². The van der Waals surface area contributed by atoms with Gasteiger partial charge in [0.1, 0.15) is 0 Å². The van der Waals surface area contributed by atoms with E-state index in [4.69, 9.17) is 11.6 Å². The second-order valence-electron chi connectivity index (χ2n) is 4.26. The number of nitrogens with one attached hydrogen (secondary N) is 1. The Hall–Kier alpha value is -1.25. The number of hydrogen-bond acceptors (Lipinski definition) is 1. The minimum absolute atomic E-state index is 0.321. The molecule has 0 fully saturated rings. The van der Waals surface area contributed by atoms with E-state index in [-0.39, 0.29) is 0 Å². The molecule has 0 amide bonds. The molecule has 1 N–H and O–H groups in total. The molecule has 0 radical (unpaired) electrons. The van der Waals surface area contributed by atoms with E-state index in [1.54, 1.807) is 0 Å². The Morgan fingerprint density at radius 2 is 1.94 bits per heavy atom. The molecule has 2 rings (SSSR count). The maximum atomic E-state index is 5.87. The molecule has 0 aliphatic heterocycles. The molecule has 90 valence electrons. The molecule has 0 spiro atoms. The van der Waals surface area contributed by atoms with Crippen LogP contribution in [-0.2, 0) is 13.6 Å². The summed E-state index contributed by atoms with van der Waals surface area (Å²) < 4.78 is 2.13. The molecule has 1 atom stereocenters. The Bertz CT molecular complexity index is 473. The Balaban J connectivity index is 1.95. The van der Waals surface area contributed by atoms with Crippen molar-refractivity contribution in [3.8, 4) is 0 Å². The highest BCUT2D eigenvalue weighted by molar-refractivity contribution is 6.30. The van der Waals surface area contributed by atoms with Gasteiger partial charge in [-0.05, 0) is 36.8 Å². The quantitative estimate of drug-likeness (QED) is 0.876. The zero-order chi connectivity index (χ0) is 12.3. The van der Waals surface area contributed by atoms with Crippen LogP contribution < -0.4 is 5.32 Å². The van der Waals surface area contributed by atoms with E-state index in [0.717, 1.165) is 11.6 Å². The van der Waals surface area contributed by atoms with Crippen molar-refractivity contribution in [1.82, 2.24) is 9.88 Å². The molecule has 3 heteroatoms. The van der Waals surface area contributed by atoms with Gasteiger partial charge in [-0.1, -0.05) is 23.7 Å². The van der Waals surface area contributed by atoms with Crippen LogP contribution in [0.5, 0.6) is 0 Å². The number of rotatable bonds is 4. The second-order valence-corrected chi connectivity index (χ2v) is 4.70. The molecule has 1 aromatic carbocycles. The molecule has 1 unspecified atom stereocenters. The summed E-state index contributed by atoms with van der Waals surface area (Å²) in [5.41, 5.74) is 2.54. The van der Waals surface area contributed by atoms with Gasteiger partial charge in [0.2, 0.25) is 0 Å². The third-order valence-electron chi connectivity index (χ3n) is 3.01. The molecule has 0 aliphatic carbocycles. The largest absolute Gasteiger partial charge is 0.353 e. The highest BCUT2D eigenvalue weighted by Gasteiger charge is 2.05. The average molecular weight is 249 g/mol. The van der Waals surface area contributed by atoms with Crippen molar-refractivity contribution in [2.75, 3.05) is 0 Å². The van der Waals surface area contributed by atoms with Crippen molar-refractivity contribution in [3.05, 3.63) is 58.9 Å². The van der Waals surface area contributed by atoms with Crippen molar-refractivity contribution in [3.63, 3.8) is 0 Å². The van der Waals surface area contributed by atoms with Crippen molar-refractivity contribution in [2.24, 2.45) is 7.05 Å². The van der Waals surface area contributed by atoms with E-state index in [0.29, 0.717) is 6.04 Å². The molecule has 0 aliphatic rings. The molecular formula is C14H17ClN2. The molecule has 2 nitrogen and oxygen atoms in total.